The molecule has 0 radical (unpaired) electrons. The van der Waals surface area contributed by atoms with Crippen molar-refractivity contribution in [2.45, 2.75) is 6.17 Å². The molecule has 0 bridgehead atoms. The van der Waals surface area contributed by atoms with Gasteiger partial charge in [0.15, 0.2) is 29.4 Å². The molecule has 2 aromatic heterocycles. The summed E-state index contributed by atoms with van der Waals surface area (Å²) in [7, 11) is 0. The number of aromatic nitrogens is 3. The molecule has 1 unspecified atom stereocenters. The zero-order valence-electron chi connectivity index (χ0n) is 12.0. The Morgan fingerprint density at radius 2 is 1.91 bits per heavy atom. The van der Waals surface area contributed by atoms with Crippen LogP contribution in [0.4, 0.5) is 5.95 Å². The van der Waals surface area contributed by atoms with Gasteiger partial charge in [0.2, 0.25) is 11.6 Å². The monoisotopic (exact) mass is 305 g/mol. The number of fused-ring (bicyclic) bond motifs is 1. The third kappa shape index (κ3) is 2.38. The maximum absolute atomic E-state index is 11.9. The molecule has 3 aromatic rings. The van der Waals surface area contributed by atoms with Crippen LogP contribution in [0, 0.1) is 0 Å². The van der Waals surface area contributed by atoms with Crippen molar-refractivity contribution in [1.82, 2.24) is 9.97 Å². The maximum atomic E-state index is 11.9. The highest BCUT2D eigenvalue weighted by Crippen LogP contribution is 2.17. The molecule has 0 saturated heterocycles. The summed E-state index contributed by atoms with van der Waals surface area (Å²) in [5.41, 5.74) is 7.36. The molecule has 0 aliphatic carbocycles. The second-order valence-corrected chi connectivity index (χ2v) is 5.14. The van der Waals surface area contributed by atoms with Gasteiger partial charge in [-0.05, 0) is 6.07 Å². The van der Waals surface area contributed by atoms with Gasteiger partial charge in [-0.15, -0.1) is 0 Å². The van der Waals surface area contributed by atoms with E-state index in [9.17, 15) is 4.79 Å². The van der Waals surface area contributed by atoms with Gasteiger partial charge in [0.1, 0.15) is 0 Å². The normalized spacial score (nSPS) is 15.6. The molecule has 3 heterocycles. The van der Waals surface area contributed by atoms with Crippen molar-refractivity contribution < 1.29 is 4.57 Å². The number of benzene rings is 1. The molecule has 112 valence electrons. The Morgan fingerprint density at radius 1 is 1.09 bits per heavy atom. The van der Waals surface area contributed by atoms with Crippen LogP contribution in [0.25, 0.3) is 5.69 Å². The Balaban J connectivity index is 1.80. The minimum atomic E-state index is -0.489. The Labute approximate surface area is 130 Å². The predicted molar refractivity (Wildman–Crippen MR) is 82.3 cm³/mol. The van der Waals surface area contributed by atoms with Gasteiger partial charge in [-0.1, -0.05) is 18.2 Å². The minimum Gasteiger partial charge on any atom is -0.369 e. The molecule has 3 N–H and O–H groups in total. The average Bonchev–Trinajstić information content (AvgIpc) is 3.00. The standard InChI is InChI=1S/C16H12N6O/c17-16-20-14-12(15(23)21-16)18-13(19-14)10-5-4-8-22(9-10)11-6-2-1-3-7-11/h1-9,13H,(H2-,17,19,20,21,23)/p+1. The molecule has 0 spiro atoms. The molecule has 0 amide bonds. The van der Waals surface area contributed by atoms with E-state index in [-0.39, 0.29) is 22.4 Å². The van der Waals surface area contributed by atoms with Gasteiger partial charge in [-0.3, -0.25) is 9.78 Å². The van der Waals surface area contributed by atoms with E-state index in [0.29, 0.717) is 0 Å². The van der Waals surface area contributed by atoms with Crippen molar-refractivity contribution in [3.05, 3.63) is 81.6 Å². The summed E-state index contributed by atoms with van der Waals surface area (Å²) in [6.45, 7) is 0. The Hall–Kier alpha value is -3.35. The van der Waals surface area contributed by atoms with E-state index < -0.39 is 6.17 Å². The molecular weight excluding hydrogens is 292 g/mol. The predicted octanol–water partition coefficient (Wildman–Crippen LogP) is -0.420. The van der Waals surface area contributed by atoms with Crippen LogP contribution < -0.4 is 26.7 Å². The van der Waals surface area contributed by atoms with E-state index in [2.05, 4.69) is 20.0 Å². The van der Waals surface area contributed by atoms with Crippen LogP contribution in [0.3, 0.4) is 0 Å². The second kappa shape index (κ2) is 5.13. The quantitative estimate of drug-likeness (QED) is 0.629. The zero-order valence-corrected chi connectivity index (χ0v) is 12.0. The van der Waals surface area contributed by atoms with Crippen LogP contribution in [0.5, 0.6) is 0 Å². The second-order valence-electron chi connectivity index (χ2n) is 5.14. The number of aromatic amines is 1. The van der Waals surface area contributed by atoms with Gasteiger partial charge in [-0.25, -0.2) is 9.98 Å². The van der Waals surface area contributed by atoms with Gasteiger partial charge in [0, 0.05) is 18.2 Å². The highest BCUT2D eigenvalue weighted by atomic mass is 16.1. The number of rotatable bonds is 2. The van der Waals surface area contributed by atoms with Crippen molar-refractivity contribution in [2.75, 3.05) is 5.73 Å². The Bertz CT molecular complexity index is 1060. The highest BCUT2D eigenvalue weighted by Gasteiger charge is 2.19. The number of H-pyrrole nitrogens is 1. The van der Waals surface area contributed by atoms with E-state index in [1.54, 1.807) is 0 Å². The third-order valence-corrected chi connectivity index (χ3v) is 3.57. The third-order valence-electron chi connectivity index (χ3n) is 3.57. The lowest BCUT2D eigenvalue weighted by atomic mass is 10.2. The highest BCUT2D eigenvalue weighted by molar-refractivity contribution is 5.23. The fraction of sp³-hybridized carbons (Fsp3) is 0.0625. The number of anilines is 1. The molecule has 0 fully saturated rings. The van der Waals surface area contributed by atoms with Gasteiger partial charge in [0.25, 0.3) is 5.56 Å². The summed E-state index contributed by atoms with van der Waals surface area (Å²) in [5, 5.41) is 0.222. The lowest BCUT2D eigenvalue weighted by molar-refractivity contribution is -0.596. The Kier molecular flexibility index (Phi) is 2.97. The van der Waals surface area contributed by atoms with Crippen LogP contribution in [-0.4, -0.2) is 9.97 Å². The van der Waals surface area contributed by atoms with Gasteiger partial charge in [-0.2, -0.15) is 9.55 Å². The smallest absolute Gasteiger partial charge is 0.280 e. The largest absolute Gasteiger partial charge is 0.369 e. The zero-order chi connectivity index (χ0) is 15.8. The molecular formula is C16H13N6O+. The fourth-order valence-electron chi connectivity index (χ4n) is 2.50. The summed E-state index contributed by atoms with van der Waals surface area (Å²) in [4.78, 5) is 27.1. The van der Waals surface area contributed by atoms with Crippen LogP contribution in [0.2, 0.25) is 0 Å². The lowest BCUT2D eigenvalue weighted by Gasteiger charge is -2.02. The van der Waals surface area contributed by atoms with Crippen molar-refractivity contribution in [2.24, 2.45) is 9.98 Å². The molecule has 4 rings (SSSR count). The van der Waals surface area contributed by atoms with E-state index in [0.717, 1.165) is 11.3 Å². The van der Waals surface area contributed by atoms with Crippen LogP contribution in [0.1, 0.15) is 11.7 Å². The molecule has 1 aromatic carbocycles. The summed E-state index contributed by atoms with van der Waals surface area (Å²) in [6, 6.07) is 13.8. The van der Waals surface area contributed by atoms with E-state index in [1.165, 1.54) is 0 Å². The first kappa shape index (κ1) is 13.3. The van der Waals surface area contributed by atoms with E-state index >= 15 is 0 Å². The fourth-order valence-corrected chi connectivity index (χ4v) is 2.50. The van der Waals surface area contributed by atoms with Crippen molar-refractivity contribution in [1.29, 1.82) is 0 Å². The number of nitrogens with one attached hydrogen (secondary N) is 1. The summed E-state index contributed by atoms with van der Waals surface area (Å²) >= 11 is 0. The summed E-state index contributed by atoms with van der Waals surface area (Å²) in [6.07, 6.45) is 3.40. The van der Waals surface area contributed by atoms with Crippen LogP contribution in [-0.2, 0) is 0 Å². The Morgan fingerprint density at radius 3 is 2.74 bits per heavy atom. The number of para-hydroxylation sites is 1. The first-order valence-corrected chi connectivity index (χ1v) is 7.09. The number of nitrogens with two attached hydrogens (primary N) is 1. The van der Waals surface area contributed by atoms with Gasteiger partial charge < -0.3 is 5.73 Å². The first-order valence-electron chi connectivity index (χ1n) is 7.09. The summed E-state index contributed by atoms with van der Waals surface area (Å²) < 4.78 is 1.98. The van der Waals surface area contributed by atoms with Crippen LogP contribution in [0.15, 0.2) is 69.6 Å². The molecule has 7 nitrogen and oxygen atoms in total. The number of hydrogen-bond acceptors (Lipinski definition) is 5. The maximum Gasteiger partial charge on any atom is 0.280 e. The number of nitrogen functional groups attached to an aromatic ring is 1. The molecule has 1 atom stereocenters. The van der Waals surface area contributed by atoms with Crippen molar-refractivity contribution in [3.8, 4) is 5.69 Å². The van der Waals surface area contributed by atoms with Crippen LogP contribution >= 0.6 is 0 Å². The lowest BCUT2D eigenvalue weighted by Crippen LogP contribution is -2.41. The number of nitrogens with zero attached hydrogens (tertiary/aromatic N) is 4. The topological polar surface area (TPSA) is 100 Å². The number of hydrogen-bond donors (Lipinski definition) is 2. The SMILES string of the molecule is Nc1nc2c(c(=O)[nH]1)=NC(c1ccc[n+](-c3ccccc3)c1)N=2. The first-order chi connectivity index (χ1) is 11.2. The molecule has 7 heteroatoms. The minimum absolute atomic E-state index is 0.0424. The molecule has 23 heavy (non-hydrogen) atoms. The molecule has 1 aliphatic rings. The summed E-state index contributed by atoms with van der Waals surface area (Å²) in [5.74, 6) is 0.0424. The van der Waals surface area contributed by atoms with Gasteiger partial charge in [0.05, 0.1) is 5.56 Å². The van der Waals surface area contributed by atoms with E-state index in [1.807, 2.05) is 59.4 Å². The molecule has 1 aliphatic heterocycles. The molecule has 0 saturated carbocycles. The number of pyridine rings is 1. The van der Waals surface area contributed by atoms with Crippen molar-refractivity contribution >= 4 is 5.95 Å². The van der Waals surface area contributed by atoms with Crippen molar-refractivity contribution in [3.63, 3.8) is 0 Å². The van der Waals surface area contributed by atoms with E-state index in [4.69, 9.17) is 5.73 Å². The van der Waals surface area contributed by atoms with Gasteiger partial charge >= 0.3 is 0 Å². The average molecular weight is 305 g/mol.